The highest BCUT2D eigenvalue weighted by atomic mass is 32.2. The number of carbonyl (C=O) groups excluding carboxylic acids is 1. The Morgan fingerprint density at radius 3 is 2.72 bits per heavy atom. The number of thioether (sulfide) groups is 1. The third-order valence-electron chi connectivity index (χ3n) is 3.75. The number of aryl methyl sites for hydroxylation is 1. The average molecular weight is 375 g/mol. The maximum Gasteiger partial charge on any atom is 0.186 e. The molecule has 1 aromatic heterocycles. The van der Waals surface area contributed by atoms with E-state index in [0.717, 1.165) is 28.8 Å². The summed E-state index contributed by atoms with van der Waals surface area (Å²) in [5.41, 5.74) is 0.763. The second kappa shape index (κ2) is 7.37. The summed E-state index contributed by atoms with van der Waals surface area (Å²) in [6, 6.07) is 5.40. The van der Waals surface area contributed by atoms with Gasteiger partial charge in [0.2, 0.25) is 0 Å². The first-order valence-electron chi connectivity index (χ1n) is 7.63. The van der Waals surface area contributed by atoms with Crippen molar-refractivity contribution in [2.75, 3.05) is 14.2 Å². The molecular weight excluding hydrogens is 358 g/mol. The van der Waals surface area contributed by atoms with Crippen molar-refractivity contribution < 1.29 is 14.3 Å². The van der Waals surface area contributed by atoms with Gasteiger partial charge in [0.15, 0.2) is 5.78 Å². The second-order valence-electron chi connectivity index (χ2n) is 5.27. The van der Waals surface area contributed by atoms with Crippen LogP contribution in [0.4, 0.5) is 0 Å². The molecule has 0 amide bonds. The molecule has 0 spiro atoms. The van der Waals surface area contributed by atoms with Crippen molar-refractivity contribution in [2.45, 2.75) is 19.3 Å². The smallest absolute Gasteiger partial charge is 0.186 e. The molecule has 6 nitrogen and oxygen atoms in total. The Bertz CT molecular complexity index is 861. The molecule has 1 aromatic carbocycles. The van der Waals surface area contributed by atoms with Crippen molar-refractivity contribution >= 4 is 40.0 Å². The summed E-state index contributed by atoms with van der Waals surface area (Å²) in [5, 5.41) is 18.1. The van der Waals surface area contributed by atoms with Crippen molar-refractivity contribution in [1.29, 1.82) is 5.41 Å². The van der Waals surface area contributed by atoms with Crippen molar-refractivity contribution in [3.63, 3.8) is 0 Å². The van der Waals surface area contributed by atoms with E-state index in [4.69, 9.17) is 14.9 Å². The van der Waals surface area contributed by atoms with Crippen LogP contribution in [0, 0.1) is 5.41 Å². The lowest BCUT2D eigenvalue weighted by atomic mass is 10.0. The zero-order chi connectivity index (χ0) is 18.0. The Hall–Kier alpha value is -2.19. The molecule has 1 N–H and O–H groups in total. The monoisotopic (exact) mass is 375 g/mol. The molecule has 1 saturated heterocycles. The number of methoxy groups -OCH3 is 2. The Labute approximate surface area is 153 Å². The van der Waals surface area contributed by atoms with Crippen LogP contribution in [0.25, 0.3) is 6.08 Å². The van der Waals surface area contributed by atoms with E-state index < -0.39 is 5.92 Å². The van der Waals surface area contributed by atoms with E-state index in [0.29, 0.717) is 21.4 Å². The number of aromatic nitrogens is 2. The summed E-state index contributed by atoms with van der Waals surface area (Å²) < 4.78 is 10.6. The van der Waals surface area contributed by atoms with Crippen molar-refractivity contribution in [1.82, 2.24) is 10.2 Å². The number of carbonyl (C=O) groups is 1. The predicted molar refractivity (Wildman–Crippen MR) is 99.9 cm³/mol. The Kier molecular flexibility index (Phi) is 5.19. The van der Waals surface area contributed by atoms with Gasteiger partial charge in [0.1, 0.15) is 27.4 Å². The molecule has 1 aliphatic rings. The van der Waals surface area contributed by atoms with Crippen LogP contribution in [0.5, 0.6) is 11.5 Å². The lowest BCUT2D eigenvalue weighted by molar-refractivity contribution is -0.114. The molecule has 1 atom stereocenters. The fourth-order valence-electron chi connectivity index (χ4n) is 2.42. The molecule has 130 valence electrons. The van der Waals surface area contributed by atoms with Crippen LogP contribution in [0.15, 0.2) is 23.1 Å². The van der Waals surface area contributed by atoms with Crippen LogP contribution in [0.1, 0.15) is 28.4 Å². The van der Waals surface area contributed by atoms with Gasteiger partial charge in [0.25, 0.3) is 0 Å². The molecule has 2 aromatic rings. The van der Waals surface area contributed by atoms with E-state index in [-0.39, 0.29) is 10.8 Å². The van der Waals surface area contributed by atoms with Crippen LogP contribution >= 0.6 is 23.1 Å². The normalized spacial score (nSPS) is 18.8. The van der Waals surface area contributed by atoms with Crippen LogP contribution in [-0.2, 0) is 11.2 Å². The lowest BCUT2D eigenvalue weighted by Gasteiger charge is -2.07. The first-order chi connectivity index (χ1) is 12.1. The summed E-state index contributed by atoms with van der Waals surface area (Å²) in [4.78, 5) is 13.3. The van der Waals surface area contributed by atoms with Crippen LogP contribution in [0.2, 0.25) is 0 Å². The predicted octanol–water partition coefficient (Wildman–Crippen LogP) is 3.54. The number of Topliss-reactive ketones (excluding diaryl/α,β-unsaturated/α-hetero) is 1. The van der Waals surface area contributed by atoms with Gasteiger partial charge in [-0.3, -0.25) is 10.2 Å². The summed E-state index contributed by atoms with van der Waals surface area (Å²) >= 11 is 2.56. The Morgan fingerprint density at radius 2 is 2.08 bits per heavy atom. The van der Waals surface area contributed by atoms with Gasteiger partial charge in [-0.1, -0.05) is 18.7 Å². The number of allylic oxidation sites excluding steroid dienone is 1. The van der Waals surface area contributed by atoms with E-state index in [9.17, 15) is 4.79 Å². The molecule has 3 rings (SSSR count). The number of nitrogens with zero attached hydrogens (tertiary/aromatic N) is 2. The maximum atomic E-state index is 12.8. The zero-order valence-electron chi connectivity index (χ0n) is 14.0. The average Bonchev–Trinajstić information content (AvgIpc) is 3.19. The van der Waals surface area contributed by atoms with Gasteiger partial charge in [-0.15, -0.1) is 21.5 Å². The second-order valence-corrected chi connectivity index (χ2v) is 7.45. The SMILES string of the molecule is CCc1nnc([C@@H]2C(=N)S/C(=C\c3ccc(OC)cc3OC)C2=O)s1. The zero-order valence-corrected chi connectivity index (χ0v) is 15.7. The largest absolute Gasteiger partial charge is 0.497 e. The maximum absolute atomic E-state index is 12.8. The molecule has 2 heterocycles. The molecule has 0 saturated carbocycles. The van der Waals surface area contributed by atoms with E-state index in [1.165, 1.54) is 11.3 Å². The van der Waals surface area contributed by atoms with Crippen molar-refractivity contribution in [3.05, 3.63) is 38.7 Å². The molecule has 0 radical (unpaired) electrons. The number of hydrogen-bond donors (Lipinski definition) is 1. The number of rotatable bonds is 5. The van der Waals surface area contributed by atoms with Gasteiger partial charge < -0.3 is 9.47 Å². The Balaban J connectivity index is 1.93. The first-order valence-corrected chi connectivity index (χ1v) is 9.27. The topological polar surface area (TPSA) is 85.2 Å². The molecule has 0 aliphatic carbocycles. The van der Waals surface area contributed by atoms with Crippen LogP contribution < -0.4 is 9.47 Å². The number of ether oxygens (including phenoxy) is 2. The number of nitrogens with one attached hydrogen (secondary N) is 1. The summed E-state index contributed by atoms with van der Waals surface area (Å²) in [5.74, 6) is 0.528. The van der Waals surface area contributed by atoms with E-state index in [1.54, 1.807) is 32.4 Å². The van der Waals surface area contributed by atoms with E-state index >= 15 is 0 Å². The summed E-state index contributed by atoms with van der Waals surface area (Å²) in [7, 11) is 3.15. The van der Waals surface area contributed by atoms with Gasteiger partial charge >= 0.3 is 0 Å². The molecule has 8 heteroatoms. The van der Waals surface area contributed by atoms with Crippen LogP contribution in [-0.4, -0.2) is 35.2 Å². The molecular formula is C17H17N3O3S2. The fraction of sp³-hybridized carbons (Fsp3) is 0.294. The van der Waals surface area contributed by atoms with Gasteiger partial charge in [-0.2, -0.15) is 0 Å². The standard InChI is InChI=1S/C17H17N3O3S2/c1-4-13-19-20-17(25-13)14-15(21)12(24-16(14)18)7-9-5-6-10(22-2)8-11(9)23-3/h5-8,14,18H,4H2,1-3H3/b12-7-,18-16?/t14-/m0/s1. The van der Waals surface area contributed by atoms with Gasteiger partial charge in [0.05, 0.1) is 24.2 Å². The van der Waals surface area contributed by atoms with Crippen molar-refractivity contribution in [2.24, 2.45) is 0 Å². The van der Waals surface area contributed by atoms with Crippen molar-refractivity contribution in [3.8, 4) is 11.5 Å². The quantitative estimate of drug-likeness (QED) is 0.805. The lowest BCUT2D eigenvalue weighted by Crippen LogP contribution is -2.11. The highest BCUT2D eigenvalue weighted by Gasteiger charge is 2.39. The molecule has 0 bridgehead atoms. The Morgan fingerprint density at radius 1 is 1.28 bits per heavy atom. The van der Waals surface area contributed by atoms with Gasteiger partial charge in [-0.05, 0) is 24.6 Å². The van der Waals surface area contributed by atoms with E-state index in [2.05, 4.69) is 10.2 Å². The number of hydrogen-bond acceptors (Lipinski definition) is 8. The minimum absolute atomic E-state index is 0.119. The third-order valence-corrected chi connectivity index (χ3v) is 5.87. The third kappa shape index (κ3) is 3.45. The molecule has 25 heavy (non-hydrogen) atoms. The highest BCUT2D eigenvalue weighted by Crippen LogP contribution is 2.42. The summed E-state index contributed by atoms with van der Waals surface area (Å²) in [6.07, 6.45) is 2.52. The summed E-state index contributed by atoms with van der Waals surface area (Å²) in [6.45, 7) is 1.99. The minimum atomic E-state index is -0.640. The van der Waals surface area contributed by atoms with E-state index in [1.807, 2.05) is 13.0 Å². The van der Waals surface area contributed by atoms with Crippen LogP contribution in [0.3, 0.4) is 0 Å². The minimum Gasteiger partial charge on any atom is -0.497 e. The fourth-order valence-corrected chi connectivity index (χ4v) is 4.36. The number of benzene rings is 1. The highest BCUT2D eigenvalue weighted by molar-refractivity contribution is 8.19. The first kappa shape index (κ1) is 17.6. The number of ketones is 1. The van der Waals surface area contributed by atoms with Gasteiger partial charge in [-0.25, -0.2) is 0 Å². The molecule has 0 unspecified atom stereocenters. The molecule has 1 aliphatic heterocycles. The molecule has 1 fully saturated rings. The van der Waals surface area contributed by atoms with Gasteiger partial charge in [0, 0.05) is 11.6 Å².